The number of nitrogens with one attached hydrogen (secondary N) is 1. The number of hydrogen-bond donors (Lipinski definition) is 2. The van der Waals surface area contributed by atoms with E-state index in [1.807, 2.05) is 6.20 Å². The van der Waals surface area contributed by atoms with Gasteiger partial charge in [0.2, 0.25) is 0 Å². The molecule has 1 aliphatic rings. The van der Waals surface area contributed by atoms with Crippen LogP contribution in [0.25, 0.3) is 11.0 Å². The molecular weight excluding hydrogens is 462 g/mol. The fourth-order valence-electron chi connectivity index (χ4n) is 3.93. The number of fused-ring (bicyclic) bond motifs is 2. The van der Waals surface area contributed by atoms with E-state index >= 15 is 0 Å². The second-order valence-corrected chi connectivity index (χ2v) is 9.42. The lowest BCUT2D eigenvalue weighted by Gasteiger charge is -2.12. The van der Waals surface area contributed by atoms with Gasteiger partial charge >= 0.3 is 0 Å². The van der Waals surface area contributed by atoms with E-state index < -0.39 is 10.0 Å². The maximum absolute atomic E-state index is 13.3. The number of rotatable bonds is 8. The molecule has 0 saturated heterocycles. The average Bonchev–Trinajstić information content (AvgIpc) is 3.57. The van der Waals surface area contributed by atoms with Gasteiger partial charge in [0.1, 0.15) is 27.5 Å². The van der Waals surface area contributed by atoms with Gasteiger partial charge in [-0.25, -0.2) is 8.42 Å². The van der Waals surface area contributed by atoms with Crippen molar-refractivity contribution in [2.45, 2.75) is 24.4 Å². The maximum atomic E-state index is 13.3. The second kappa shape index (κ2) is 8.54. The van der Waals surface area contributed by atoms with E-state index in [2.05, 4.69) is 15.0 Å². The maximum Gasteiger partial charge on any atom is 0.266 e. The second-order valence-electron chi connectivity index (χ2n) is 7.77. The summed E-state index contributed by atoms with van der Waals surface area (Å²) in [7, 11) is -1.17. The predicted molar refractivity (Wildman–Crippen MR) is 123 cm³/mol. The van der Waals surface area contributed by atoms with Crippen LogP contribution < -0.4 is 24.7 Å². The summed E-state index contributed by atoms with van der Waals surface area (Å²) in [4.78, 5) is -0.0585. The van der Waals surface area contributed by atoms with Crippen molar-refractivity contribution in [3.8, 4) is 17.2 Å². The van der Waals surface area contributed by atoms with Crippen LogP contribution in [-0.4, -0.2) is 44.2 Å². The lowest BCUT2D eigenvalue weighted by molar-refractivity contribution is 0.355. The van der Waals surface area contributed by atoms with Crippen LogP contribution in [0.5, 0.6) is 17.2 Å². The first-order chi connectivity index (χ1) is 16.4. The van der Waals surface area contributed by atoms with Gasteiger partial charge in [-0.05, 0) is 23.8 Å². The number of nitrogens with two attached hydrogens (primary N) is 1. The van der Waals surface area contributed by atoms with Gasteiger partial charge in [0.25, 0.3) is 10.0 Å². The topological polar surface area (TPSA) is 144 Å². The highest BCUT2D eigenvalue weighted by molar-refractivity contribution is 7.92. The molecule has 2 aromatic heterocycles. The Morgan fingerprint density at radius 3 is 2.71 bits per heavy atom. The minimum absolute atomic E-state index is 0.00590. The fraction of sp³-hybridized carbons (Fsp3) is 0.273. The Morgan fingerprint density at radius 2 is 1.97 bits per heavy atom. The van der Waals surface area contributed by atoms with Gasteiger partial charge in [0.05, 0.1) is 33.6 Å². The molecular formula is C22H23N5O6S. The average molecular weight is 486 g/mol. The standard InChI is InChI=1S/C22H23N5O6S/c1-30-17-7-15-3-4-32-16(15)8-20(17)34(28,29)26-22-21-18(31-2)5-13(6-19(21)33-25-22)11-27-12-14(9-23)10-24-27/h5-8,10,12H,3-4,9,11,23H2,1-2H3,(H,25,26). The molecule has 0 unspecified atom stereocenters. The Kier molecular flexibility index (Phi) is 5.54. The van der Waals surface area contributed by atoms with Crippen molar-refractivity contribution in [2.75, 3.05) is 25.5 Å². The monoisotopic (exact) mass is 485 g/mol. The molecule has 11 nitrogen and oxygen atoms in total. The van der Waals surface area contributed by atoms with Gasteiger partial charge in [0, 0.05) is 36.4 Å². The lowest BCUT2D eigenvalue weighted by Crippen LogP contribution is -2.15. The van der Waals surface area contributed by atoms with Crippen LogP contribution in [0, 0.1) is 0 Å². The Balaban J connectivity index is 1.50. The van der Waals surface area contributed by atoms with Crippen molar-refractivity contribution >= 4 is 26.8 Å². The molecule has 0 amide bonds. The molecule has 0 aliphatic carbocycles. The quantitative estimate of drug-likeness (QED) is 0.384. The molecule has 12 heteroatoms. The third kappa shape index (κ3) is 3.90. The van der Waals surface area contributed by atoms with Gasteiger partial charge < -0.3 is 24.5 Å². The van der Waals surface area contributed by atoms with E-state index in [0.29, 0.717) is 48.6 Å². The molecule has 0 saturated carbocycles. The number of ether oxygens (including phenoxy) is 3. The van der Waals surface area contributed by atoms with Gasteiger partial charge in [-0.3, -0.25) is 9.40 Å². The summed E-state index contributed by atoms with van der Waals surface area (Å²) in [6.07, 6.45) is 4.25. The summed E-state index contributed by atoms with van der Waals surface area (Å²) in [5.41, 5.74) is 8.65. The number of benzene rings is 2. The number of methoxy groups -OCH3 is 2. The number of sulfonamides is 1. The summed E-state index contributed by atoms with van der Waals surface area (Å²) < 4.78 is 52.6. The summed E-state index contributed by atoms with van der Waals surface area (Å²) in [5.74, 6) is 1.15. The van der Waals surface area contributed by atoms with Crippen LogP contribution in [0.2, 0.25) is 0 Å². The van der Waals surface area contributed by atoms with Crippen molar-refractivity contribution in [2.24, 2.45) is 5.73 Å². The minimum Gasteiger partial charge on any atom is -0.496 e. The van der Waals surface area contributed by atoms with E-state index in [1.54, 1.807) is 29.1 Å². The molecule has 34 heavy (non-hydrogen) atoms. The number of hydrogen-bond acceptors (Lipinski definition) is 9. The molecule has 0 atom stereocenters. The molecule has 3 N–H and O–H groups in total. The Hall–Kier alpha value is -3.77. The molecule has 0 radical (unpaired) electrons. The summed E-state index contributed by atoms with van der Waals surface area (Å²) in [6, 6.07) is 6.68. The van der Waals surface area contributed by atoms with Crippen molar-refractivity contribution in [1.82, 2.24) is 14.9 Å². The van der Waals surface area contributed by atoms with Gasteiger partial charge in [-0.2, -0.15) is 5.10 Å². The lowest BCUT2D eigenvalue weighted by atomic mass is 10.1. The molecule has 1 aliphatic heterocycles. The van der Waals surface area contributed by atoms with E-state index in [0.717, 1.165) is 16.7 Å². The smallest absolute Gasteiger partial charge is 0.266 e. The highest BCUT2D eigenvalue weighted by Crippen LogP contribution is 2.38. The first-order valence-electron chi connectivity index (χ1n) is 10.5. The fourth-order valence-corrected chi connectivity index (χ4v) is 5.11. The van der Waals surface area contributed by atoms with Crippen LogP contribution in [0.15, 0.2) is 46.1 Å². The zero-order chi connectivity index (χ0) is 23.9. The van der Waals surface area contributed by atoms with Crippen molar-refractivity contribution in [1.29, 1.82) is 0 Å². The first kappa shape index (κ1) is 22.0. The molecule has 0 fully saturated rings. The zero-order valence-corrected chi connectivity index (χ0v) is 19.4. The van der Waals surface area contributed by atoms with Crippen molar-refractivity contribution in [3.05, 3.63) is 53.3 Å². The van der Waals surface area contributed by atoms with Gasteiger partial charge in [-0.1, -0.05) is 5.16 Å². The first-order valence-corrected chi connectivity index (χ1v) is 11.9. The highest BCUT2D eigenvalue weighted by Gasteiger charge is 2.27. The van der Waals surface area contributed by atoms with E-state index in [9.17, 15) is 8.42 Å². The molecule has 2 aromatic carbocycles. The molecule has 4 aromatic rings. The molecule has 178 valence electrons. The van der Waals surface area contributed by atoms with Crippen LogP contribution in [0.4, 0.5) is 5.82 Å². The highest BCUT2D eigenvalue weighted by atomic mass is 32.2. The van der Waals surface area contributed by atoms with E-state index in [4.69, 9.17) is 24.5 Å². The number of nitrogens with zero attached hydrogens (tertiary/aromatic N) is 3. The number of anilines is 1. The van der Waals surface area contributed by atoms with Crippen molar-refractivity contribution < 1.29 is 27.2 Å². The summed E-state index contributed by atoms with van der Waals surface area (Å²) in [6.45, 7) is 1.34. The molecule has 5 rings (SSSR count). The zero-order valence-electron chi connectivity index (χ0n) is 18.6. The van der Waals surface area contributed by atoms with Crippen LogP contribution >= 0.6 is 0 Å². The summed E-state index contributed by atoms with van der Waals surface area (Å²) in [5, 5.41) is 8.63. The molecule has 0 bridgehead atoms. The van der Waals surface area contributed by atoms with Crippen LogP contribution in [0.1, 0.15) is 16.7 Å². The van der Waals surface area contributed by atoms with Gasteiger partial charge in [-0.15, -0.1) is 0 Å². The normalized spacial score (nSPS) is 13.0. The predicted octanol–water partition coefficient (Wildman–Crippen LogP) is 2.28. The Labute approximate surface area is 195 Å². The van der Waals surface area contributed by atoms with E-state index in [1.165, 1.54) is 20.3 Å². The van der Waals surface area contributed by atoms with Gasteiger partial charge in [0.15, 0.2) is 11.4 Å². The Morgan fingerprint density at radius 1 is 1.15 bits per heavy atom. The Bertz CT molecular complexity index is 1480. The van der Waals surface area contributed by atoms with Crippen molar-refractivity contribution in [3.63, 3.8) is 0 Å². The minimum atomic E-state index is -4.08. The van der Waals surface area contributed by atoms with Crippen LogP contribution in [0.3, 0.4) is 0 Å². The molecule has 0 spiro atoms. The third-order valence-electron chi connectivity index (χ3n) is 5.58. The van der Waals surface area contributed by atoms with E-state index in [-0.39, 0.29) is 16.5 Å². The summed E-state index contributed by atoms with van der Waals surface area (Å²) >= 11 is 0. The molecule has 3 heterocycles. The van der Waals surface area contributed by atoms with Crippen LogP contribution in [-0.2, 0) is 29.5 Å². The number of aromatic nitrogens is 3. The largest absolute Gasteiger partial charge is 0.496 e. The third-order valence-corrected chi connectivity index (χ3v) is 6.94. The SMILES string of the molecule is COc1cc2c(cc1S(=O)(=O)Nc1noc3cc(Cn4cc(CN)cn4)cc(OC)c13)OCC2.